The van der Waals surface area contributed by atoms with Gasteiger partial charge in [-0.25, -0.2) is 0 Å². The Hall–Kier alpha value is -1.10. The Bertz CT molecular complexity index is 327. The van der Waals surface area contributed by atoms with E-state index in [4.69, 9.17) is 5.11 Å². The smallest absolute Gasteiger partial charge is 0.303 e. The summed E-state index contributed by atoms with van der Waals surface area (Å²) >= 11 is 0. The summed E-state index contributed by atoms with van der Waals surface area (Å²) in [4.78, 5) is 24.7. The van der Waals surface area contributed by atoms with Gasteiger partial charge in [-0.1, -0.05) is 19.3 Å². The van der Waals surface area contributed by atoms with Crippen LogP contribution in [-0.4, -0.2) is 47.6 Å². The van der Waals surface area contributed by atoms with E-state index in [2.05, 4.69) is 10.2 Å². The number of hydrogen-bond acceptors (Lipinski definition) is 3. The summed E-state index contributed by atoms with van der Waals surface area (Å²) in [6.45, 7) is 2.01. The van der Waals surface area contributed by atoms with Crippen LogP contribution in [0.25, 0.3) is 0 Å². The zero-order chi connectivity index (χ0) is 13.7. The SMILES string of the molecule is O=C(O)CC1CCN(CC(=O)NC2CCCCC2)C1. The lowest BCUT2D eigenvalue weighted by atomic mass is 9.95. The fourth-order valence-electron chi connectivity index (χ4n) is 3.19. The number of nitrogens with one attached hydrogen (secondary N) is 1. The van der Waals surface area contributed by atoms with Crippen molar-refractivity contribution in [3.05, 3.63) is 0 Å². The van der Waals surface area contributed by atoms with Crippen molar-refractivity contribution in [3.8, 4) is 0 Å². The molecule has 108 valence electrons. The molecule has 1 unspecified atom stereocenters. The van der Waals surface area contributed by atoms with E-state index in [-0.39, 0.29) is 18.2 Å². The Morgan fingerprint density at radius 2 is 1.89 bits per heavy atom. The normalized spacial score (nSPS) is 25.4. The first-order valence-corrected chi connectivity index (χ1v) is 7.37. The molecule has 5 nitrogen and oxygen atoms in total. The van der Waals surface area contributed by atoms with E-state index in [0.29, 0.717) is 12.6 Å². The topological polar surface area (TPSA) is 69.6 Å². The molecule has 2 rings (SSSR count). The zero-order valence-electron chi connectivity index (χ0n) is 11.4. The third-order valence-corrected chi connectivity index (χ3v) is 4.17. The first-order chi connectivity index (χ1) is 9.13. The third-order valence-electron chi connectivity index (χ3n) is 4.17. The van der Waals surface area contributed by atoms with Gasteiger partial charge in [0, 0.05) is 19.0 Å². The lowest BCUT2D eigenvalue weighted by Crippen LogP contribution is -2.42. The van der Waals surface area contributed by atoms with Crippen LogP contribution in [0.5, 0.6) is 0 Å². The van der Waals surface area contributed by atoms with Crippen LogP contribution in [0.4, 0.5) is 0 Å². The summed E-state index contributed by atoms with van der Waals surface area (Å²) in [5.41, 5.74) is 0. The molecule has 0 bridgehead atoms. The number of nitrogens with zero attached hydrogens (tertiary/aromatic N) is 1. The number of amides is 1. The number of carboxylic acids is 1. The highest BCUT2D eigenvalue weighted by Gasteiger charge is 2.26. The van der Waals surface area contributed by atoms with Crippen molar-refractivity contribution in [2.24, 2.45) is 5.92 Å². The summed E-state index contributed by atoms with van der Waals surface area (Å²) in [5, 5.41) is 11.9. The van der Waals surface area contributed by atoms with Crippen LogP contribution in [0.3, 0.4) is 0 Å². The fraction of sp³-hybridized carbons (Fsp3) is 0.857. The van der Waals surface area contributed by atoms with Crippen LogP contribution in [0.15, 0.2) is 0 Å². The van der Waals surface area contributed by atoms with E-state index in [0.717, 1.165) is 32.4 Å². The van der Waals surface area contributed by atoms with Crippen LogP contribution in [0, 0.1) is 5.92 Å². The first-order valence-electron chi connectivity index (χ1n) is 7.37. The molecule has 0 aromatic heterocycles. The van der Waals surface area contributed by atoms with E-state index in [1.54, 1.807) is 0 Å². The van der Waals surface area contributed by atoms with Gasteiger partial charge in [-0.3, -0.25) is 14.5 Å². The van der Waals surface area contributed by atoms with Gasteiger partial charge in [0.1, 0.15) is 0 Å². The average molecular weight is 268 g/mol. The highest BCUT2D eigenvalue weighted by Crippen LogP contribution is 2.20. The van der Waals surface area contributed by atoms with Gasteiger partial charge in [0.25, 0.3) is 0 Å². The number of carboxylic acid groups (broad SMARTS) is 1. The number of likely N-dealkylation sites (tertiary alicyclic amines) is 1. The molecule has 1 atom stereocenters. The summed E-state index contributed by atoms with van der Waals surface area (Å²) in [6.07, 6.45) is 7.05. The van der Waals surface area contributed by atoms with Crippen molar-refractivity contribution in [2.75, 3.05) is 19.6 Å². The van der Waals surface area contributed by atoms with E-state index in [1.807, 2.05) is 0 Å². The van der Waals surface area contributed by atoms with Crippen LogP contribution >= 0.6 is 0 Å². The largest absolute Gasteiger partial charge is 0.481 e. The highest BCUT2D eigenvalue weighted by atomic mass is 16.4. The Balaban J connectivity index is 1.66. The molecular weight excluding hydrogens is 244 g/mol. The number of aliphatic carboxylic acids is 1. The summed E-state index contributed by atoms with van der Waals surface area (Å²) in [7, 11) is 0. The van der Waals surface area contributed by atoms with Crippen LogP contribution in [0.1, 0.15) is 44.9 Å². The number of carbonyl (C=O) groups is 2. The minimum atomic E-state index is -0.737. The van der Waals surface area contributed by atoms with Crippen molar-refractivity contribution in [2.45, 2.75) is 51.0 Å². The molecule has 2 aliphatic rings. The summed E-state index contributed by atoms with van der Waals surface area (Å²) < 4.78 is 0. The van der Waals surface area contributed by atoms with Crippen molar-refractivity contribution in [1.82, 2.24) is 10.2 Å². The molecule has 0 radical (unpaired) electrons. The molecule has 2 N–H and O–H groups in total. The van der Waals surface area contributed by atoms with Gasteiger partial charge in [-0.2, -0.15) is 0 Å². The summed E-state index contributed by atoms with van der Waals surface area (Å²) in [5.74, 6) is -0.429. The molecule has 1 heterocycles. The average Bonchev–Trinajstić information content (AvgIpc) is 2.76. The number of hydrogen-bond donors (Lipinski definition) is 2. The second-order valence-electron chi connectivity index (χ2n) is 5.89. The maximum absolute atomic E-state index is 11.9. The standard InChI is InChI=1S/C14H24N2O3/c17-13(15-12-4-2-1-3-5-12)10-16-7-6-11(9-16)8-14(18)19/h11-12H,1-10H2,(H,15,17)(H,18,19). The molecule has 19 heavy (non-hydrogen) atoms. The predicted molar refractivity (Wildman–Crippen MR) is 71.8 cm³/mol. The van der Waals surface area contributed by atoms with E-state index < -0.39 is 5.97 Å². The van der Waals surface area contributed by atoms with Crippen molar-refractivity contribution < 1.29 is 14.7 Å². The number of carbonyl (C=O) groups excluding carboxylic acids is 1. The Kier molecular flexibility index (Phi) is 5.19. The molecular formula is C14H24N2O3. The van der Waals surface area contributed by atoms with Gasteiger partial charge < -0.3 is 10.4 Å². The van der Waals surface area contributed by atoms with Crippen LogP contribution in [-0.2, 0) is 9.59 Å². The van der Waals surface area contributed by atoms with Gasteiger partial charge in [0.05, 0.1) is 6.54 Å². The molecule has 5 heteroatoms. The van der Waals surface area contributed by atoms with E-state index in [9.17, 15) is 9.59 Å². The van der Waals surface area contributed by atoms with Gasteiger partial charge in [-0.05, 0) is 31.7 Å². The Morgan fingerprint density at radius 3 is 2.58 bits per heavy atom. The highest BCUT2D eigenvalue weighted by molar-refractivity contribution is 5.78. The lowest BCUT2D eigenvalue weighted by Gasteiger charge is -2.24. The molecule has 1 aliphatic heterocycles. The van der Waals surface area contributed by atoms with Gasteiger partial charge in [0.2, 0.25) is 5.91 Å². The predicted octanol–water partition coefficient (Wildman–Crippen LogP) is 1.23. The Labute approximate surface area is 114 Å². The molecule has 1 amide bonds. The molecule has 1 saturated carbocycles. The molecule has 1 aliphatic carbocycles. The number of rotatable bonds is 5. The second-order valence-corrected chi connectivity index (χ2v) is 5.89. The zero-order valence-corrected chi connectivity index (χ0v) is 11.4. The third kappa shape index (κ3) is 4.82. The van der Waals surface area contributed by atoms with Crippen molar-refractivity contribution >= 4 is 11.9 Å². The Morgan fingerprint density at radius 1 is 1.16 bits per heavy atom. The summed E-state index contributed by atoms with van der Waals surface area (Å²) in [6, 6.07) is 0.360. The molecule has 0 aromatic rings. The van der Waals surface area contributed by atoms with Gasteiger partial charge in [-0.15, -0.1) is 0 Å². The fourth-order valence-corrected chi connectivity index (χ4v) is 3.19. The van der Waals surface area contributed by atoms with E-state index in [1.165, 1.54) is 19.3 Å². The molecule has 0 spiro atoms. The minimum Gasteiger partial charge on any atom is -0.481 e. The molecule has 2 fully saturated rings. The minimum absolute atomic E-state index is 0.0999. The van der Waals surface area contributed by atoms with Gasteiger partial charge >= 0.3 is 5.97 Å². The maximum atomic E-state index is 11.9. The lowest BCUT2D eigenvalue weighted by molar-refractivity contribution is -0.138. The van der Waals surface area contributed by atoms with Crippen LogP contribution < -0.4 is 5.32 Å². The van der Waals surface area contributed by atoms with Crippen molar-refractivity contribution in [3.63, 3.8) is 0 Å². The molecule has 1 saturated heterocycles. The van der Waals surface area contributed by atoms with Gasteiger partial charge in [0.15, 0.2) is 0 Å². The first kappa shape index (κ1) is 14.3. The van der Waals surface area contributed by atoms with Crippen LogP contribution in [0.2, 0.25) is 0 Å². The quantitative estimate of drug-likeness (QED) is 0.787. The van der Waals surface area contributed by atoms with Crippen molar-refractivity contribution in [1.29, 1.82) is 0 Å². The van der Waals surface area contributed by atoms with E-state index >= 15 is 0 Å². The monoisotopic (exact) mass is 268 g/mol. The molecule has 0 aromatic carbocycles. The second kappa shape index (κ2) is 6.89. The maximum Gasteiger partial charge on any atom is 0.303 e.